The highest BCUT2D eigenvalue weighted by Gasteiger charge is 2.72. The van der Waals surface area contributed by atoms with Crippen molar-refractivity contribution in [2.24, 2.45) is 0 Å². The highest BCUT2D eigenvalue weighted by Crippen LogP contribution is 2.46. The Bertz CT molecular complexity index is 1130. The molecule has 14 heteroatoms. The summed E-state index contributed by atoms with van der Waals surface area (Å²) in [6.07, 6.45) is -5.32. The fraction of sp³-hybridized carbons (Fsp3) is 0.474. The van der Waals surface area contributed by atoms with E-state index in [4.69, 9.17) is 5.11 Å². The van der Waals surface area contributed by atoms with Crippen LogP contribution < -0.4 is 5.32 Å². The minimum atomic E-state index is -5.32. The molecule has 2 saturated heterocycles. The Morgan fingerprint density at radius 3 is 2.21 bits per heavy atom. The molecule has 3 amide bonds. The van der Waals surface area contributed by atoms with Crippen molar-refractivity contribution in [3.63, 3.8) is 0 Å². The van der Waals surface area contributed by atoms with Gasteiger partial charge in [0.15, 0.2) is 15.2 Å². The third kappa shape index (κ3) is 3.81. The number of carbonyl (C=O) groups excluding carboxylic acids is 3. The zero-order valence-corrected chi connectivity index (χ0v) is 18.4. The summed E-state index contributed by atoms with van der Waals surface area (Å²) in [4.78, 5) is 49.7. The number of rotatable bonds is 5. The number of nitrogens with one attached hydrogen (secondary N) is 1. The molecule has 180 valence electrons. The first-order chi connectivity index (χ1) is 15.0. The molecule has 3 atom stereocenters. The van der Waals surface area contributed by atoms with E-state index in [2.05, 4.69) is 0 Å². The SMILES string of the molecule is CN(Cc1ccc(C(=O)O)cc1)C(=O)[C@@H]1N2C(=O)[C@H](NC(=O)C(F)(F)F)[C@H]2S(=O)(=O)C1(C)C. The molecule has 3 rings (SSSR count). The number of fused-ring (bicyclic) bond motifs is 1. The monoisotopic (exact) mass is 491 g/mol. The molecule has 0 radical (unpaired) electrons. The second-order valence-corrected chi connectivity index (χ2v) is 11.0. The number of carboxylic acids is 1. The average molecular weight is 491 g/mol. The molecule has 0 saturated carbocycles. The van der Waals surface area contributed by atoms with Crippen molar-refractivity contribution in [2.75, 3.05) is 7.05 Å². The fourth-order valence-corrected chi connectivity index (χ4v) is 6.19. The van der Waals surface area contributed by atoms with E-state index in [1.807, 2.05) is 0 Å². The predicted molar refractivity (Wildman–Crippen MR) is 105 cm³/mol. The summed E-state index contributed by atoms with van der Waals surface area (Å²) in [6.45, 7) is 2.33. The minimum Gasteiger partial charge on any atom is -0.478 e. The van der Waals surface area contributed by atoms with Crippen molar-refractivity contribution >= 4 is 33.5 Å². The van der Waals surface area contributed by atoms with Crippen LogP contribution in [0.15, 0.2) is 24.3 Å². The van der Waals surface area contributed by atoms with E-state index in [-0.39, 0.29) is 12.1 Å². The van der Waals surface area contributed by atoms with Crippen molar-refractivity contribution in [1.82, 2.24) is 15.1 Å². The van der Waals surface area contributed by atoms with Crippen LogP contribution >= 0.6 is 0 Å². The Kier molecular flexibility index (Phi) is 5.72. The van der Waals surface area contributed by atoms with Crippen LogP contribution in [0.2, 0.25) is 0 Å². The number of carbonyl (C=O) groups is 4. The lowest BCUT2D eigenvalue weighted by molar-refractivity contribution is -0.178. The molecule has 1 aromatic rings. The molecule has 0 unspecified atom stereocenters. The van der Waals surface area contributed by atoms with E-state index < -0.39 is 61.9 Å². The van der Waals surface area contributed by atoms with Crippen molar-refractivity contribution in [1.29, 1.82) is 0 Å². The molecule has 33 heavy (non-hydrogen) atoms. The van der Waals surface area contributed by atoms with Crippen molar-refractivity contribution in [3.8, 4) is 0 Å². The topological polar surface area (TPSA) is 141 Å². The van der Waals surface area contributed by atoms with E-state index >= 15 is 0 Å². The summed E-state index contributed by atoms with van der Waals surface area (Å²) in [5.41, 5.74) is 0.549. The van der Waals surface area contributed by atoms with Gasteiger partial charge in [0.05, 0.1) is 10.3 Å². The van der Waals surface area contributed by atoms with E-state index in [0.717, 1.165) is 4.90 Å². The second kappa shape index (κ2) is 7.71. The number of nitrogens with zero attached hydrogens (tertiary/aromatic N) is 2. The average Bonchev–Trinajstić information content (AvgIpc) is 2.85. The molecular weight excluding hydrogens is 471 g/mol. The molecule has 2 N–H and O–H groups in total. The van der Waals surface area contributed by atoms with Crippen LogP contribution in [0.25, 0.3) is 0 Å². The molecule has 2 aliphatic heterocycles. The highest BCUT2D eigenvalue weighted by atomic mass is 32.2. The fourth-order valence-electron chi connectivity index (χ4n) is 3.98. The van der Waals surface area contributed by atoms with Gasteiger partial charge in [-0.2, -0.15) is 13.2 Å². The maximum absolute atomic E-state index is 13.2. The van der Waals surface area contributed by atoms with Gasteiger partial charge in [0.25, 0.3) is 0 Å². The number of amides is 3. The standard InChI is InChI=1S/C19H20F3N3O7S/c1-18(2)12(14(27)24(3)8-9-4-6-10(7-5-9)16(28)29)25-13(26)11(15(25)33(18,31)32)23-17(30)19(20,21)22/h4-7,11-12,15H,8H2,1-3H3,(H,23,30)(H,28,29)/t11-,12-,15+/m0/s1. The molecule has 0 aliphatic carbocycles. The number of aromatic carboxylic acids is 1. The number of sulfone groups is 1. The summed E-state index contributed by atoms with van der Waals surface area (Å²) in [5.74, 6) is -5.48. The number of hydrogen-bond donors (Lipinski definition) is 2. The lowest BCUT2D eigenvalue weighted by Gasteiger charge is -2.44. The number of likely N-dealkylation sites (N-methyl/N-ethyl adjacent to an activating group) is 1. The predicted octanol–water partition coefficient (Wildman–Crippen LogP) is 0.134. The van der Waals surface area contributed by atoms with Crippen LogP contribution in [0.4, 0.5) is 13.2 Å². The Morgan fingerprint density at radius 2 is 1.73 bits per heavy atom. The Hall–Kier alpha value is -3.16. The van der Waals surface area contributed by atoms with Gasteiger partial charge in [-0.05, 0) is 31.5 Å². The Balaban J connectivity index is 1.84. The van der Waals surface area contributed by atoms with Gasteiger partial charge in [0.1, 0.15) is 12.1 Å². The number of halogens is 3. The summed E-state index contributed by atoms with van der Waals surface area (Å²) in [5, 5.41) is 8.56. The first kappa shape index (κ1) is 24.5. The van der Waals surface area contributed by atoms with Gasteiger partial charge in [-0.1, -0.05) is 12.1 Å². The molecular formula is C19H20F3N3O7S. The van der Waals surface area contributed by atoms with Gasteiger partial charge in [-0.15, -0.1) is 0 Å². The molecule has 0 aromatic heterocycles. The van der Waals surface area contributed by atoms with Gasteiger partial charge in [-0.3, -0.25) is 14.4 Å². The summed E-state index contributed by atoms with van der Waals surface area (Å²) in [6, 6.07) is 2.09. The second-order valence-electron chi connectivity index (χ2n) is 8.33. The number of β-lactam (4-membered cyclic amide) rings is 1. The molecule has 2 heterocycles. The first-order valence-electron chi connectivity index (χ1n) is 9.52. The van der Waals surface area contributed by atoms with Crippen molar-refractivity contribution < 1.29 is 45.9 Å². The first-order valence-corrected chi connectivity index (χ1v) is 11.1. The maximum atomic E-state index is 13.2. The van der Waals surface area contributed by atoms with E-state index in [9.17, 15) is 40.8 Å². The van der Waals surface area contributed by atoms with Crippen LogP contribution in [-0.4, -0.2) is 82.4 Å². The molecule has 10 nitrogen and oxygen atoms in total. The lowest BCUT2D eigenvalue weighted by atomic mass is 9.94. The lowest BCUT2D eigenvalue weighted by Crippen LogP contribution is -2.73. The highest BCUT2D eigenvalue weighted by molar-refractivity contribution is 7.94. The third-order valence-electron chi connectivity index (χ3n) is 5.84. The smallest absolute Gasteiger partial charge is 0.471 e. The van der Waals surface area contributed by atoms with Crippen LogP contribution in [0.1, 0.15) is 29.8 Å². The van der Waals surface area contributed by atoms with E-state index in [1.165, 1.54) is 50.5 Å². The van der Waals surface area contributed by atoms with Gasteiger partial charge >= 0.3 is 18.1 Å². The number of carboxylic acid groups (broad SMARTS) is 1. The van der Waals surface area contributed by atoms with Gasteiger partial charge in [0.2, 0.25) is 11.8 Å². The number of hydrogen-bond acceptors (Lipinski definition) is 6. The van der Waals surface area contributed by atoms with E-state index in [1.54, 1.807) is 0 Å². The zero-order chi connectivity index (χ0) is 25.1. The molecule has 2 aliphatic rings. The van der Waals surface area contributed by atoms with Crippen molar-refractivity contribution in [3.05, 3.63) is 35.4 Å². The van der Waals surface area contributed by atoms with Crippen LogP contribution in [0.3, 0.4) is 0 Å². The van der Waals surface area contributed by atoms with Gasteiger partial charge in [0, 0.05) is 13.6 Å². The normalized spacial score (nSPS) is 25.1. The molecule has 1 aromatic carbocycles. The van der Waals surface area contributed by atoms with Gasteiger partial charge < -0.3 is 20.2 Å². The minimum absolute atomic E-state index is 0.0247. The van der Waals surface area contributed by atoms with Crippen LogP contribution in [-0.2, 0) is 30.8 Å². The van der Waals surface area contributed by atoms with E-state index in [0.29, 0.717) is 10.5 Å². The summed E-state index contributed by atoms with van der Waals surface area (Å²) >= 11 is 0. The molecule has 0 spiro atoms. The molecule has 0 bridgehead atoms. The van der Waals surface area contributed by atoms with Crippen LogP contribution in [0.5, 0.6) is 0 Å². The maximum Gasteiger partial charge on any atom is 0.471 e. The van der Waals surface area contributed by atoms with Crippen LogP contribution in [0, 0.1) is 0 Å². The Labute approximate surface area is 186 Å². The third-order valence-corrected chi connectivity index (χ3v) is 8.67. The van der Waals surface area contributed by atoms with Crippen molar-refractivity contribution in [2.45, 2.75) is 48.8 Å². The zero-order valence-electron chi connectivity index (χ0n) is 17.6. The molecule has 2 fully saturated rings. The Morgan fingerprint density at radius 1 is 1.18 bits per heavy atom. The largest absolute Gasteiger partial charge is 0.478 e. The van der Waals surface area contributed by atoms with Gasteiger partial charge in [-0.25, -0.2) is 13.2 Å². The summed E-state index contributed by atoms with van der Waals surface area (Å²) in [7, 11) is -3.00. The quantitative estimate of drug-likeness (QED) is 0.558. The summed E-state index contributed by atoms with van der Waals surface area (Å²) < 4.78 is 61.9. The number of benzene rings is 1. The number of alkyl halides is 3.